The molecule has 0 amide bonds. The Labute approximate surface area is 185 Å². The van der Waals surface area contributed by atoms with Gasteiger partial charge in [0.05, 0.1) is 0 Å². The van der Waals surface area contributed by atoms with Gasteiger partial charge in [0.25, 0.3) is 0 Å². The Hall–Kier alpha value is -0.730. The second kappa shape index (κ2) is 11.8. The molecule has 0 bridgehead atoms. The van der Waals surface area contributed by atoms with Gasteiger partial charge in [-0.15, -0.1) is 0 Å². The third-order valence-electron chi connectivity index (χ3n) is 8.92. The van der Waals surface area contributed by atoms with Crippen molar-refractivity contribution in [2.75, 3.05) is 0 Å². The molecule has 0 heterocycles. The van der Waals surface area contributed by atoms with Crippen molar-refractivity contribution >= 4 is 6.16 Å². The van der Waals surface area contributed by atoms with Crippen LogP contribution < -0.4 is 0 Å². The number of ether oxygens (including phenoxy) is 2. The Bertz CT molecular complexity index is 414. The topological polar surface area (TPSA) is 35.5 Å². The maximum atomic E-state index is 13.2. The lowest BCUT2D eigenvalue weighted by atomic mass is 9.75. The van der Waals surface area contributed by atoms with E-state index in [4.69, 9.17) is 9.47 Å². The zero-order valence-corrected chi connectivity index (χ0v) is 19.3. The van der Waals surface area contributed by atoms with Gasteiger partial charge < -0.3 is 9.47 Å². The van der Waals surface area contributed by atoms with Crippen molar-refractivity contribution in [3.63, 3.8) is 0 Å². The maximum Gasteiger partial charge on any atom is 0.508 e. The normalized spacial score (nSPS) is 26.2. The van der Waals surface area contributed by atoms with Crippen molar-refractivity contribution < 1.29 is 14.3 Å². The highest BCUT2D eigenvalue weighted by Crippen LogP contribution is 2.40. The summed E-state index contributed by atoms with van der Waals surface area (Å²) in [7, 11) is 0. The molecule has 30 heavy (non-hydrogen) atoms. The molecule has 4 aliphatic carbocycles. The molecule has 0 radical (unpaired) electrons. The summed E-state index contributed by atoms with van der Waals surface area (Å²) in [4.78, 5) is 13.2. The van der Waals surface area contributed by atoms with Gasteiger partial charge in [-0.05, 0) is 75.0 Å². The summed E-state index contributed by atoms with van der Waals surface area (Å²) in [5.41, 5.74) is 0. The highest BCUT2D eigenvalue weighted by Gasteiger charge is 2.38. The van der Waals surface area contributed by atoms with Gasteiger partial charge in [-0.25, -0.2) is 4.79 Å². The first-order chi connectivity index (χ1) is 14.8. The van der Waals surface area contributed by atoms with E-state index in [-0.39, 0.29) is 18.4 Å². The minimum Gasteiger partial charge on any atom is -0.430 e. The van der Waals surface area contributed by atoms with Crippen LogP contribution in [0.1, 0.15) is 128 Å². The van der Waals surface area contributed by atoms with Gasteiger partial charge in [-0.1, -0.05) is 77.0 Å². The fourth-order valence-electron chi connectivity index (χ4n) is 7.26. The molecule has 4 fully saturated rings. The van der Waals surface area contributed by atoms with Crippen LogP contribution in [0.5, 0.6) is 0 Å². The monoisotopic (exact) mass is 418 g/mol. The molecule has 4 rings (SSSR count). The average Bonchev–Trinajstić information content (AvgIpc) is 2.83. The molecule has 0 saturated heterocycles. The Morgan fingerprint density at radius 3 is 0.900 bits per heavy atom. The van der Waals surface area contributed by atoms with Gasteiger partial charge in [-0.2, -0.15) is 0 Å². The first-order valence-corrected chi connectivity index (χ1v) is 13.7. The van der Waals surface area contributed by atoms with Crippen LogP contribution in [0.4, 0.5) is 4.79 Å². The quantitative estimate of drug-likeness (QED) is 0.408. The smallest absolute Gasteiger partial charge is 0.430 e. The third kappa shape index (κ3) is 6.16. The van der Waals surface area contributed by atoms with Gasteiger partial charge in [0.2, 0.25) is 0 Å². The van der Waals surface area contributed by atoms with E-state index in [1.54, 1.807) is 0 Å². The number of carbonyl (C=O) groups excluding carboxylic acids is 1. The van der Waals surface area contributed by atoms with Crippen LogP contribution in [0.3, 0.4) is 0 Å². The molecule has 0 aromatic rings. The van der Waals surface area contributed by atoms with Crippen LogP contribution in [-0.4, -0.2) is 18.4 Å². The van der Waals surface area contributed by atoms with Crippen LogP contribution >= 0.6 is 0 Å². The van der Waals surface area contributed by atoms with E-state index in [2.05, 4.69) is 0 Å². The highest BCUT2D eigenvalue weighted by atomic mass is 16.7. The molecule has 0 N–H and O–H groups in total. The fourth-order valence-corrected chi connectivity index (χ4v) is 7.26. The molecule has 0 spiro atoms. The second-order valence-corrected chi connectivity index (χ2v) is 11.0. The maximum absolute atomic E-state index is 13.2. The van der Waals surface area contributed by atoms with Crippen molar-refractivity contribution in [1.29, 1.82) is 0 Å². The molecule has 4 aliphatic rings. The Morgan fingerprint density at radius 2 is 0.667 bits per heavy atom. The van der Waals surface area contributed by atoms with Crippen LogP contribution in [-0.2, 0) is 9.47 Å². The predicted octanol–water partition coefficient (Wildman–Crippen LogP) is 8.20. The predicted molar refractivity (Wildman–Crippen MR) is 121 cm³/mol. The standard InChI is InChI=1S/C27H46O3/c28-27(29-25(21-13-5-1-6-14-21)22-15-7-2-8-16-22)30-26(23-17-9-3-10-18-23)24-19-11-4-12-20-24/h21-26H,1-20H2. The van der Waals surface area contributed by atoms with Gasteiger partial charge in [-0.3, -0.25) is 0 Å². The summed E-state index contributed by atoms with van der Waals surface area (Å²) in [5.74, 6) is 2.27. The number of hydrogen-bond donors (Lipinski definition) is 0. The lowest BCUT2D eigenvalue weighted by molar-refractivity contribution is -0.0778. The molecule has 0 unspecified atom stereocenters. The van der Waals surface area contributed by atoms with Crippen LogP contribution in [0.25, 0.3) is 0 Å². The second-order valence-electron chi connectivity index (χ2n) is 11.0. The zero-order chi connectivity index (χ0) is 20.6. The number of hydrogen-bond acceptors (Lipinski definition) is 3. The summed E-state index contributed by atoms with van der Waals surface area (Å²) < 4.78 is 12.6. The van der Waals surface area contributed by atoms with Gasteiger partial charge in [0.1, 0.15) is 12.2 Å². The zero-order valence-electron chi connectivity index (χ0n) is 19.3. The molecule has 0 aliphatic heterocycles. The summed E-state index contributed by atoms with van der Waals surface area (Å²) in [5, 5.41) is 0. The van der Waals surface area contributed by atoms with Crippen molar-refractivity contribution in [2.24, 2.45) is 23.7 Å². The van der Waals surface area contributed by atoms with Crippen LogP contribution in [0.15, 0.2) is 0 Å². The molecule has 3 nitrogen and oxygen atoms in total. The first-order valence-electron chi connectivity index (χ1n) is 13.7. The summed E-state index contributed by atoms with van der Waals surface area (Å²) in [6.07, 6.45) is 25.6. The van der Waals surface area contributed by atoms with Gasteiger partial charge in [0.15, 0.2) is 0 Å². The Morgan fingerprint density at radius 1 is 0.433 bits per heavy atom. The Balaban J connectivity index is 1.41. The molecule has 0 aromatic carbocycles. The highest BCUT2D eigenvalue weighted by molar-refractivity contribution is 5.60. The summed E-state index contributed by atoms with van der Waals surface area (Å²) in [6.45, 7) is 0. The van der Waals surface area contributed by atoms with E-state index < -0.39 is 0 Å². The van der Waals surface area contributed by atoms with Crippen molar-refractivity contribution in [2.45, 2.75) is 141 Å². The largest absolute Gasteiger partial charge is 0.508 e. The summed E-state index contributed by atoms with van der Waals surface area (Å²) >= 11 is 0. The molecule has 172 valence electrons. The lowest BCUT2D eigenvalue weighted by Gasteiger charge is -2.39. The Kier molecular flexibility index (Phi) is 8.81. The average molecular weight is 419 g/mol. The van der Waals surface area contributed by atoms with Crippen molar-refractivity contribution in [3.05, 3.63) is 0 Å². The van der Waals surface area contributed by atoms with E-state index in [0.717, 1.165) is 0 Å². The molecule has 3 heteroatoms. The van der Waals surface area contributed by atoms with E-state index in [1.165, 1.54) is 128 Å². The summed E-state index contributed by atoms with van der Waals surface area (Å²) in [6, 6.07) is 0. The number of carbonyl (C=O) groups is 1. The first kappa shape index (κ1) is 22.5. The van der Waals surface area contributed by atoms with Crippen LogP contribution in [0.2, 0.25) is 0 Å². The fraction of sp³-hybridized carbons (Fsp3) is 0.963. The molecular weight excluding hydrogens is 372 g/mol. The minimum atomic E-state index is -0.322. The van der Waals surface area contributed by atoms with Gasteiger partial charge >= 0.3 is 6.16 Å². The van der Waals surface area contributed by atoms with Crippen molar-refractivity contribution in [1.82, 2.24) is 0 Å². The van der Waals surface area contributed by atoms with Crippen LogP contribution in [0, 0.1) is 23.7 Å². The van der Waals surface area contributed by atoms with Crippen molar-refractivity contribution in [3.8, 4) is 0 Å². The lowest BCUT2D eigenvalue weighted by Crippen LogP contribution is -2.40. The molecule has 0 aromatic heterocycles. The SMILES string of the molecule is O=C(OC(C1CCCCC1)C1CCCCC1)OC(C1CCCCC1)C1CCCCC1. The number of rotatable bonds is 6. The minimum absolute atomic E-state index is 0.108. The van der Waals surface area contributed by atoms with E-state index in [0.29, 0.717) is 23.7 Å². The van der Waals surface area contributed by atoms with E-state index in [9.17, 15) is 4.79 Å². The molecule has 0 atom stereocenters. The van der Waals surface area contributed by atoms with E-state index in [1.807, 2.05) is 0 Å². The van der Waals surface area contributed by atoms with Gasteiger partial charge in [0, 0.05) is 0 Å². The van der Waals surface area contributed by atoms with E-state index >= 15 is 0 Å². The molecular formula is C27H46O3. The third-order valence-corrected chi connectivity index (χ3v) is 8.92. The molecule has 4 saturated carbocycles.